The van der Waals surface area contributed by atoms with Gasteiger partial charge < -0.3 is 5.32 Å². The first kappa shape index (κ1) is 16.1. The number of benzene rings is 1. The van der Waals surface area contributed by atoms with Crippen molar-refractivity contribution in [2.45, 2.75) is 33.6 Å². The van der Waals surface area contributed by atoms with Gasteiger partial charge in [0.05, 0.1) is 0 Å². The van der Waals surface area contributed by atoms with Gasteiger partial charge in [-0.1, -0.05) is 41.1 Å². The van der Waals surface area contributed by atoms with Crippen LogP contribution in [0.2, 0.25) is 0 Å². The van der Waals surface area contributed by atoms with Crippen molar-refractivity contribution >= 4 is 43.8 Å². The van der Waals surface area contributed by atoms with Gasteiger partial charge in [-0.2, -0.15) is 0 Å². The molecule has 7 heteroatoms. The molecule has 2 heterocycles. The highest BCUT2D eigenvalue weighted by molar-refractivity contribution is 9.10. The van der Waals surface area contributed by atoms with Crippen LogP contribution in [0.3, 0.4) is 0 Å². The van der Waals surface area contributed by atoms with Crippen LogP contribution in [-0.4, -0.2) is 20.5 Å². The molecular formula is C16H17BrN4OS. The minimum Gasteiger partial charge on any atom is -0.321 e. The molecule has 2 aromatic heterocycles. The van der Waals surface area contributed by atoms with Gasteiger partial charge in [-0.05, 0) is 37.6 Å². The Kier molecular flexibility index (Phi) is 4.25. The summed E-state index contributed by atoms with van der Waals surface area (Å²) in [6, 6.07) is 5.75. The van der Waals surface area contributed by atoms with Crippen LogP contribution in [0.15, 0.2) is 22.7 Å². The first-order valence-electron chi connectivity index (χ1n) is 7.30. The number of hydrogen-bond donors (Lipinski definition) is 1. The van der Waals surface area contributed by atoms with E-state index in [4.69, 9.17) is 0 Å². The maximum atomic E-state index is 12.6. The van der Waals surface area contributed by atoms with Crippen LogP contribution in [0.1, 0.15) is 46.5 Å². The number of aryl methyl sites for hydroxylation is 2. The lowest BCUT2D eigenvalue weighted by Crippen LogP contribution is -2.12. The summed E-state index contributed by atoms with van der Waals surface area (Å²) < 4.78 is 2.99. The molecule has 3 rings (SSSR count). The number of hydrogen-bond acceptors (Lipinski definition) is 4. The van der Waals surface area contributed by atoms with E-state index in [1.54, 1.807) is 0 Å². The van der Waals surface area contributed by atoms with Gasteiger partial charge in [0.25, 0.3) is 5.91 Å². The van der Waals surface area contributed by atoms with Crippen LogP contribution in [0.4, 0.5) is 5.69 Å². The monoisotopic (exact) mass is 392 g/mol. The van der Waals surface area contributed by atoms with E-state index < -0.39 is 0 Å². The van der Waals surface area contributed by atoms with Crippen LogP contribution in [0, 0.1) is 13.8 Å². The maximum Gasteiger partial charge on any atom is 0.267 e. The van der Waals surface area contributed by atoms with Crippen molar-refractivity contribution in [2.75, 3.05) is 5.32 Å². The fourth-order valence-corrected chi connectivity index (χ4v) is 3.64. The fourth-order valence-electron chi connectivity index (χ4n) is 2.42. The SMILES string of the molecule is Cc1cc(NC(=O)c2sc3nnc(C(C)C)n3c2C)ccc1Br. The van der Waals surface area contributed by atoms with E-state index in [0.717, 1.165) is 32.2 Å². The van der Waals surface area contributed by atoms with Gasteiger partial charge in [-0.25, -0.2) is 0 Å². The molecule has 120 valence electrons. The molecule has 0 radical (unpaired) electrons. The molecule has 23 heavy (non-hydrogen) atoms. The van der Waals surface area contributed by atoms with Crippen molar-refractivity contribution in [2.24, 2.45) is 0 Å². The molecule has 1 aromatic carbocycles. The third kappa shape index (κ3) is 2.90. The van der Waals surface area contributed by atoms with E-state index in [0.29, 0.717) is 4.88 Å². The Labute approximate surface area is 146 Å². The number of anilines is 1. The number of carbonyl (C=O) groups excluding carboxylic acids is 1. The average molecular weight is 393 g/mol. The smallest absolute Gasteiger partial charge is 0.267 e. The minimum absolute atomic E-state index is 0.116. The average Bonchev–Trinajstić information content (AvgIpc) is 3.04. The number of halogens is 1. The third-order valence-corrected chi connectivity index (χ3v) is 5.68. The second-order valence-corrected chi connectivity index (χ2v) is 7.60. The van der Waals surface area contributed by atoms with Gasteiger partial charge in [0.15, 0.2) is 0 Å². The molecule has 0 saturated heterocycles. The summed E-state index contributed by atoms with van der Waals surface area (Å²) >= 11 is 4.83. The fraction of sp³-hybridized carbons (Fsp3) is 0.312. The number of nitrogens with zero attached hydrogens (tertiary/aromatic N) is 3. The summed E-state index contributed by atoms with van der Waals surface area (Å²) in [5.74, 6) is 1.02. The van der Waals surface area contributed by atoms with Crippen LogP contribution < -0.4 is 5.32 Å². The summed E-state index contributed by atoms with van der Waals surface area (Å²) in [6.45, 7) is 8.06. The minimum atomic E-state index is -0.116. The summed E-state index contributed by atoms with van der Waals surface area (Å²) in [5.41, 5.74) is 2.74. The van der Waals surface area contributed by atoms with Crippen molar-refractivity contribution in [3.8, 4) is 0 Å². The zero-order valence-electron chi connectivity index (χ0n) is 13.3. The standard InChI is InChI=1S/C16H17BrN4OS/c1-8(2)14-19-20-16-21(14)10(4)13(23-16)15(22)18-11-5-6-12(17)9(3)7-11/h5-8H,1-4H3,(H,18,22). The van der Waals surface area contributed by atoms with Crippen LogP contribution in [0.5, 0.6) is 0 Å². The Morgan fingerprint density at radius 2 is 2.04 bits per heavy atom. The number of fused-ring (bicyclic) bond motifs is 1. The van der Waals surface area contributed by atoms with Crippen molar-refractivity contribution in [3.63, 3.8) is 0 Å². The van der Waals surface area contributed by atoms with Crippen LogP contribution >= 0.6 is 27.3 Å². The van der Waals surface area contributed by atoms with E-state index in [2.05, 4.69) is 45.3 Å². The van der Waals surface area contributed by atoms with E-state index in [1.165, 1.54) is 11.3 Å². The van der Waals surface area contributed by atoms with E-state index in [1.807, 2.05) is 36.4 Å². The van der Waals surface area contributed by atoms with Crippen LogP contribution in [-0.2, 0) is 0 Å². The number of rotatable bonds is 3. The number of amides is 1. The van der Waals surface area contributed by atoms with Gasteiger partial charge in [0, 0.05) is 21.8 Å². The summed E-state index contributed by atoms with van der Waals surface area (Å²) in [6.07, 6.45) is 0. The first-order chi connectivity index (χ1) is 10.9. The Balaban J connectivity index is 1.94. The van der Waals surface area contributed by atoms with Gasteiger partial charge in [-0.3, -0.25) is 9.20 Å². The maximum absolute atomic E-state index is 12.6. The first-order valence-corrected chi connectivity index (χ1v) is 8.91. The summed E-state index contributed by atoms with van der Waals surface area (Å²) in [4.78, 5) is 14.0. The zero-order chi connectivity index (χ0) is 16.7. The lowest BCUT2D eigenvalue weighted by Gasteiger charge is -2.07. The predicted molar refractivity (Wildman–Crippen MR) is 96.5 cm³/mol. The predicted octanol–water partition coefficient (Wildman–Crippen LogP) is 4.55. The molecule has 0 aliphatic carbocycles. The Hall–Kier alpha value is -1.73. The number of aromatic nitrogens is 3. The van der Waals surface area contributed by atoms with Crippen molar-refractivity contribution < 1.29 is 4.79 Å². The van der Waals surface area contributed by atoms with Crippen LogP contribution in [0.25, 0.3) is 4.96 Å². The summed E-state index contributed by atoms with van der Waals surface area (Å²) in [5, 5.41) is 11.3. The van der Waals surface area contributed by atoms with Crippen molar-refractivity contribution in [1.82, 2.24) is 14.6 Å². The van der Waals surface area contributed by atoms with E-state index in [9.17, 15) is 4.79 Å². The highest BCUT2D eigenvalue weighted by Gasteiger charge is 2.21. The molecule has 1 amide bonds. The summed E-state index contributed by atoms with van der Waals surface area (Å²) in [7, 11) is 0. The second-order valence-electron chi connectivity index (χ2n) is 5.77. The topological polar surface area (TPSA) is 59.3 Å². The molecule has 0 atom stereocenters. The highest BCUT2D eigenvalue weighted by Crippen LogP contribution is 2.27. The van der Waals surface area contributed by atoms with E-state index in [-0.39, 0.29) is 11.8 Å². The van der Waals surface area contributed by atoms with Gasteiger partial charge in [0.1, 0.15) is 10.7 Å². The highest BCUT2D eigenvalue weighted by atomic mass is 79.9. The van der Waals surface area contributed by atoms with Gasteiger partial charge in [0.2, 0.25) is 4.96 Å². The van der Waals surface area contributed by atoms with Gasteiger partial charge >= 0.3 is 0 Å². The normalized spacial score (nSPS) is 11.4. The molecule has 1 N–H and O–H groups in total. The second kappa shape index (κ2) is 6.05. The zero-order valence-corrected chi connectivity index (χ0v) is 15.7. The third-order valence-electron chi connectivity index (χ3n) is 3.65. The Morgan fingerprint density at radius 1 is 1.30 bits per heavy atom. The quantitative estimate of drug-likeness (QED) is 0.711. The van der Waals surface area contributed by atoms with Crippen molar-refractivity contribution in [1.29, 1.82) is 0 Å². The lowest BCUT2D eigenvalue weighted by molar-refractivity contribution is 0.102. The lowest BCUT2D eigenvalue weighted by atomic mass is 10.2. The number of nitrogens with one attached hydrogen (secondary N) is 1. The Bertz CT molecular complexity index is 897. The van der Waals surface area contributed by atoms with Crippen molar-refractivity contribution in [3.05, 3.63) is 44.6 Å². The Morgan fingerprint density at radius 3 is 2.70 bits per heavy atom. The molecule has 0 saturated carbocycles. The molecule has 0 fully saturated rings. The molecule has 0 aliphatic rings. The number of carbonyl (C=O) groups is 1. The molecule has 0 bridgehead atoms. The molecule has 3 aromatic rings. The van der Waals surface area contributed by atoms with E-state index >= 15 is 0 Å². The molecule has 5 nitrogen and oxygen atoms in total. The molecular weight excluding hydrogens is 376 g/mol. The number of thiazole rings is 1. The molecule has 0 spiro atoms. The molecule has 0 aliphatic heterocycles. The molecule has 0 unspecified atom stereocenters. The van der Waals surface area contributed by atoms with Gasteiger partial charge in [-0.15, -0.1) is 10.2 Å². The largest absolute Gasteiger partial charge is 0.321 e.